The zero-order chi connectivity index (χ0) is 16.1. The van der Waals surface area contributed by atoms with Crippen molar-refractivity contribution in [1.82, 2.24) is 14.8 Å². The SMILES string of the molecule is Cn1cnnc1Sc1ccc(NC(=O)/C=C/c2ccco2)cc1. The molecule has 2 heterocycles. The fraction of sp³-hybridized carbons (Fsp3) is 0.0625. The molecule has 0 aliphatic carbocycles. The van der Waals surface area contributed by atoms with Gasteiger partial charge in [0.15, 0.2) is 5.16 Å². The van der Waals surface area contributed by atoms with Crippen LogP contribution in [0.3, 0.4) is 0 Å². The maximum absolute atomic E-state index is 11.8. The van der Waals surface area contributed by atoms with Gasteiger partial charge in [0, 0.05) is 23.7 Å². The lowest BCUT2D eigenvalue weighted by molar-refractivity contribution is -0.111. The van der Waals surface area contributed by atoms with E-state index in [2.05, 4.69) is 15.5 Å². The molecule has 0 saturated heterocycles. The van der Waals surface area contributed by atoms with Gasteiger partial charge < -0.3 is 14.3 Å². The normalized spacial score (nSPS) is 11.0. The van der Waals surface area contributed by atoms with Crippen LogP contribution in [-0.2, 0) is 11.8 Å². The quantitative estimate of drug-likeness (QED) is 0.729. The minimum absolute atomic E-state index is 0.213. The van der Waals surface area contributed by atoms with Crippen molar-refractivity contribution in [3.05, 3.63) is 60.8 Å². The predicted molar refractivity (Wildman–Crippen MR) is 87.9 cm³/mol. The van der Waals surface area contributed by atoms with E-state index in [9.17, 15) is 4.79 Å². The fourth-order valence-electron chi connectivity index (χ4n) is 1.80. The molecule has 2 aromatic heterocycles. The summed E-state index contributed by atoms with van der Waals surface area (Å²) in [5.74, 6) is 0.422. The van der Waals surface area contributed by atoms with Crippen LogP contribution < -0.4 is 5.32 Å². The first kappa shape index (κ1) is 15.1. The van der Waals surface area contributed by atoms with E-state index in [1.165, 1.54) is 17.8 Å². The second-order valence-electron chi connectivity index (χ2n) is 4.69. The Kier molecular flexibility index (Phi) is 4.58. The Morgan fingerprint density at radius 2 is 2.13 bits per heavy atom. The minimum Gasteiger partial charge on any atom is -0.465 e. The number of hydrogen-bond acceptors (Lipinski definition) is 5. The molecule has 1 aromatic carbocycles. The van der Waals surface area contributed by atoms with E-state index in [-0.39, 0.29) is 5.91 Å². The van der Waals surface area contributed by atoms with Crippen LogP contribution in [0.1, 0.15) is 5.76 Å². The smallest absolute Gasteiger partial charge is 0.248 e. The van der Waals surface area contributed by atoms with Crippen molar-refractivity contribution in [2.45, 2.75) is 10.1 Å². The number of furan rings is 1. The third-order valence-electron chi connectivity index (χ3n) is 2.94. The highest BCUT2D eigenvalue weighted by Gasteiger charge is 2.04. The van der Waals surface area contributed by atoms with E-state index in [0.29, 0.717) is 5.76 Å². The molecule has 0 bridgehead atoms. The molecule has 3 aromatic rings. The number of benzene rings is 1. The summed E-state index contributed by atoms with van der Waals surface area (Å²) >= 11 is 1.51. The lowest BCUT2D eigenvalue weighted by atomic mass is 10.3. The van der Waals surface area contributed by atoms with Crippen LogP contribution in [0.25, 0.3) is 6.08 Å². The Balaban J connectivity index is 1.59. The number of amides is 1. The highest BCUT2D eigenvalue weighted by Crippen LogP contribution is 2.26. The van der Waals surface area contributed by atoms with Crippen LogP contribution in [0.15, 0.2) is 69.5 Å². The molecule has 3 rings (SSSR count). The maximum atomic E-state index is 11.8. The molecule has 7 heteroatoms. The van der Waals surface area contributed by atoms with Crippen molar-refractivity contribution in [2.75, 3.05) is 5.32 Å². The Bertz CT molecular complexity index is 807. The van der Waals surface area contributed by atoms with Gasteiger partial charge in [0.05, 0.1) is 6.26 Å². The van der Waals surface area contributed by atoms with Gasteiger partial charge in [-0.3, -0.25) is 4.79 Å². The van der Waals surface area contributed by atoms with Crippen LogP contribution in [0.2, 0.25) is 0 Å². The van der Waals surface area contributed by atoms with Gasteiger partial charge in [-0.25, -0.2) is 0 Å². The van der Waals surface area contributed by atoms with E-state index in [1.807, 2.05) is 35.9 Å². The molecule has 0 unspecified atom stereocenters. The van der Waals surface area contributed by atoms with Crippen LogP contribution in [0.5, 0.6) is 0 Å². The fourth-order valence-corrected chi connectivity index (χ4v) is 2.57. The number of carbonyl (C=O) groups is 1. The standard InChI is InChI=1S/C16H14N4O2S/c1-20-11-17-19-16(20)23-14-7-4-12(5-8-14)18-15(21)9-6-13-3-2-10-22-13/h2-11H,1H3,(H,18,21)/b9-6+. The molecule has 0 atom stereocenters. The number of anilines is 1. The molecule has 116 valence electrons. The molecule has 1 N–H and O–H groups in total. The van der Waals surface area contributed by atoms with Crippen LogP contribution in [0.4, 0.5) is 5.69 Å². The summed E-state index contributed by atoms with van der Waals surface area (Å²) < 4.78 is 6.97. The van der Waals surface area contributed by atoms with E-state index in [1.54, 1.807) is 30.8 Å². The molecule has 1 amide bonds. The van der Waals surface area contributed by atoms with Gasteiger partial charge in [-0.2, -0.15) is 0 Å². The number of aryl methyl sites for hydroxylation is 1. The molecule has 0 spiro atoms. The summed E-state index contributed by atoms with van der Waals surface area (Å²) in [5, 5.41) is 11.5. The molecule has 0 aliphatic rings. The van der Waals surface area contributed by atoms with Crippen molar-refractivity contribution in [3.63, 3.8) is 0 Å². The zero-order valence-corrected chi connectivity index (χ0v) is 13.2. The molecular weight excluding hydrogens is 312 g/mol. The molecule has 0 radical (unpaired) electrons. The number of carbonyl (C=O) groups excluding carboxylic acids is 1. The summed E-state index contributed by atoms with van der Waals surface area (Å²) in [4.78, 5) is 12.8. The lowest BCUT2D eigenvalue weighted by Crippen LogP contribution is -2.07. The number of nitrogens with zero attached hydrogens (tertiary/aromatic N) is 3. The highest BCUT2D eigenvalue weighted by molar-refractivity contribution is 7.99. The molecule has 0 fully saturated rings. The van der Waals surface area contributed by atoms with Crippen molar-refractivity contribution in [2.24, 2.45) is 7.05 Å². The lowest BCUT2D eigenvalue weighted by Gasteiger charge is -2.04. The van der Waals surface area contributed by atoms with E-state index >= 15 is 0 Å². The summed E-state index contributed by atoms with van der Waals surface area (Å²) in [7, 11) is 1.89. The summed E-state index contributed by atoms with van der Waals surface area (Å²) in [6.45, 7) is 0. The van der Waals surface area contributed by atoms with Crippen molar-refractivity contribution >= 4 is 29.4 Å². The Hall–Kier alpha value is -2.80. The molecule has 6 nitrogen and oxygen atoms in total. The van der Waals surface area contributed by atoms with Crippen molar-refractivity contribution < 1.29 is 9.21 Å². The maximum Gasteiger partial charge on any atom is 0.248 e. The highest BCUT2D eigenvalue weighted by atomic mass is 32.2. The molecule has 23 heavy (non-hydrogen) atoms. The van der Waals surface area contributed by atoms with E-state index in [0.717, 1.165) is 15.7 Å². The van der Waals surface area contributed by atoms with E-state index in [4.69, 9.17) is 4.42 Å². The number of nitrogens with one attached hydrogen (secondary N) is 1. The third kappa shape index (κ3) is 4.10. The van der Waals surface area contributed by atoms with E-state index < -0.39 is 0 Å². The monoisotopic (exact) mass is 326 g/mol. The van der Waals surface area contributed by atoms with Crippen molar-refractivity contribution in [3.8, 4) is 0 Å². The van der Waals surface area contributed by atoms with Crippen LogP contribution >= 0.6 is 11.8 Å². The number of aromatic nitrogens is 3. The Morgan fingerprint density at radius 3 is 2.78 bits per heavy atom. The second kappa shape index (κ2) is 6.97. The average Bonchev–Trinajstić information content (AvgIpc) is 3.20. The van der Waals surface area contributed by atoms with Gasteiger partial charge in [0.25, 0.3) is 0 Å². The molecule has 0 aliphatic heterocycles. The number of rotatable bonds is 5. The van der Waals surface area contributed by atoms with Gasteiger partial charge >= 0.3 is 0 Å². The van der Waals surface area contributed by atoms with Crippen molar-refractivity contribution in [1.29, 1.82) is 0 Å². The summed E-state index contributed by atoms with van der Waals surface area (Å²) in [5.41, 5.74) is 0.724. The average molecular weight is 326 g/mol. The van der Waals surface area contributed by atoms with Gasteiger partial charge in [-0.1, -0.05) is 0 Å². The molecular formula is C16H14N4O2S. The Morgan fingerprint density at radius 1 is 1.30 bits per heavy atom. The summed E-state index contributed by atoms with van der Waals surface area (Å²) in [6.07, 6.45) is 6.27. The van der Waals surface area contributed by atoms with Gasteiger partial charge in [0.1, 0.15) is 12.1 Å². The minimum atomic E-state index is -0.213. The second-order valence-corrected chi connectivity index (χ2v) is 5.73. The van der Waals surface area contributed by atoms with Gasteiger partial charge in [-0.15, -0.1) is 10.2 Å². The van der Waals surface area contributed by atoms with Crippen LogP contribution in [-0.4, -0.2) is 20.7 Å². The van der Waals surface area contributed by atoms with Crippen LogP contribution in [0, 0.1) is 0 Å². The number of hydrogen-bond donors (Lipinski definition) is 1. The molecule has 0 saturated carbocycles. The first-order chi connectivity index (χ1) is 11.2. The van der Waals surface area contributed by atoms with Gasteiger partial charge in [0.2, 0.25) is 5.91 Å². The first-order valence-corrected chi connectivity index (χ1v) is 7.67. The third-order valence-corrected chi connectivity index (χ3v) is 4.00. The summed E-state index contributed by atoms with van der Waals surface area (Å²) in [6, 6.07) is 11.1. The zero-order valence-electron chi connectivity index (χ0n) is 12.3. The first-order valence-electron chi connectivity index (χ1n) is 6.85. The Labute approximate surface area is 137 Å². The predicted octanol–water partition coefficient (Wildman–Crippen LogP) is 3.21. The topological polar surface area (TPSA) is 73.0 Å². The largest absolute Gasteiger partial charge is 0.465 e. The van der Waals surface area contributed by atoms with Gasteiger partial charge in [-0.05, 0) is 54.2 Å².